The van der Waals surface area contributed by atoms with Crippen molar-refractivity contribution >= 4 is 38.4 Å². The molecule has 1 amide bonds. The predicted molar refractivity (Wildman–Crippen MR) is 110 cm³/mol. The van der Waals surface area contributed by atoms with E-state index in [2.05, 4.69) is 15.6 Å². The number of sulfone groups is 1. The molecule has 0 spiro atoms. The fourth-order valence-electron chi connectivity index (χ4n) is 3.27. The highest BCUT2D eigenvalue weighted by molar-refractivity contribution is 8.15. The highest BCUT2D eigenvalue weighted by atomic mass is 32.2. The largest absolute Gasteiger partial charge is 0.469 e. The van der Waals surface area contributed by atoms with Crippen LogP contribution >= 0.6 is 11.8 Å². The van der Waals surface area contributed by atoms with E-state index in [0.29, 0.717) is 19.4 Å². The minimum atomic E-state index is -2.94. The second-order valence-electron chi connectivity index (χ2n) is 6.91. The molecule has 1 fully saturated rings. The molecule has 0 unspecified atom stereocenters. The Morgan fingerprint density at radius 1 is 1.21 bits per heavy atom. The van der Waals surface area contributed by atoms with Crippen LogP contribution in [-0.2, 0) is 27.5 Å². The number of fused-ring (bicyclic) bond motifs is 1. The Hall–Kier alpha value is -2.26. The minimum Gasteiger partial charge on any atom is -0.469 e. The molecule has 2 atom stereocenters. The zero-order valence-corrected chi connectivity index (χ0v) is 16.8. The molecule has 2 N–H and O–H groups in total. The number of nitrogens with one attached hydrogen (secondary N) is 2. The zero-order valence-electron chi connectivity index (χ0n) is 15.1. The van der Waals surface area contributed by atoms with Crippen LogP contribution in [0, 0.1) is 0 Å². The smallest absolute Gasteiger partial charge is 0.224 e. The van der Waals surface area contributed by atoms with Gasteiger partial charge in [0.05, 0.1) is 30.2 Å². The molecule has 0 saturated carbocycles. The van der Waals surface area contributed by atoms with Gasteiger partial charge in [-0.2, -0.15) is 0 Å². The lowest BCUT2D eigenvalue weighted by molar-refractivity contribution is -0.120. The van der Waals surface area contributed by atoms with Crippen molar-refractivity contribution in [1.29, 1.82) is 0 Å². The van der Waals surface area contributed by atoms with Gasteiger partial charge in [0.2, 0.25) is 5.91 Å². The van der Waals surface area contributed by atoms with Crippen LogP contribution in [-0.4, -0.2) is 48.8 Å². The average Bonchev–Trinajstić information content (AvgIpc) is 3.32. The van der Waals surface area contributed by atoms with Crippen LogP contribution in [0.3, 0.4) is 0 Å². The monoisotopic (exact) mass is 419 g/mol. The molecule has 2 aromatic rings. The zero-order chi connectivity index (χ0) is 19.6. The van der Waals surface area contributed by atoms with Crippen LogP contribution in [0.15, 0.2) is 52.1 Å². The van der Waals surface area contributed by atoms with E-state index >= 15 is 0 Å². The summed E-state index contributed by atoms with van der Waals surface area (Å²) in [5.74, 6) is 1.16. The van der Waals surface area contributed by atoms with Crippen molar-refractivity contribution in [3.05, 3.63) is 54.0 Å². The van der Waals surface area contributed by atoms with Crippen LogP contribution in [0.25, 0.3) is 0 Å². The third kappa shape index (κ3) is 4.77. The van der Waals surface area contributed by atoms with Gasteiger partial charge in [0.25, 0.3) is 0 Å². The van der Waals surface area contributed by atoms with Crippen molar-refractivity contribution in [2.45, 2.75) is 24.1 Å². The molecule has 9 heteroatoms. The maximum atomic E-state index is 12.0. The Morgan fingerprint density at radius 2 is 2.04 bits per heavy atom. The summed E-state index contributed by atoms with van der Waals surface area (Å²) in [7, 11) is -2.94. The van der Waals surface area contributed by atoms with Crippen molar-refractivity contribution in [2.75, 3.05) is 23.4 Å². The number of nitrogens with zero attached hydrogens (tertiary/aromatic N) is 1. The quantitative estimate of drug-likeness (QED) is 0.741. The normalized spacial score (nSPS) is 22.5. The van der Waals surface area contributed by atoms with Gasteiger partial charge in [-0.3, -0.25) is 9.79 Å². The molecular formula is C19H21N3O4S2. The molecule has 1 aromatic carbocycles. The molecule has 2 aliphatic heterocycles. The molecule has 0 radical (unpaired) electrons. The lowest BCUT2D eigenvalue weighted by Gasteiger charge is -2.08. The third-order valence-electron chi connectivity index (χ3n) is 4.66. The molecular weight excluding hydrogens is 398 g/mol. The summed E-state index contributed by atoms with van der Waals surface area (Å²) >= 11 is 1.49. The van der Waals surface area contributed by atoms with Gasteiger partial charge >= 0.3 is 0 Å². The number of amidine groups is 1. The van der Waals surface area contributed by atoms with Crippen LogP contribution in [0.5, 0.6) is 0 Å². The number of anilines is 1. The molecule has 2 aliphatic rings. The first-order chi connectivity index (χ1) is 13.5. The van der Waals surface area contributed by atoms with Crippen LogP contribution in [0.1, 0.15) is 11.3 Å². The van der Waals surface area contributed by atoms with E-state index in [1.807, 2.05) is 36.4 Å². The van der Waals surface area contributed by atoms with E-state index < -0.39 is 9.84 Å². The molecule has 4 rings (SSSR count). The van der Waals surface area contributed by atoms with Gasteiger partial charge in [0.1, 0.15) is 5.76 Å². The van der Waals surface area contributed by atoms with Gasteiger partial charge in [-0.1, -0.05) is 23.9 Å². The lowest BCUT2D eigenvalue weighted by atomic mass is 10.1. The predicted octanol–water partition coefficient (Wildman–Crippen LogP) is 1.86. The Labute approximate surface area is 167 Å². The van der Waals surface area contributed by atoms with E-state index in [1.165, 1.54) is 11.8 Å². The van der Waals surface area contributed by atoms with Crippen LogP contribution in [0.4, 0.5) is 5.69 Å². The van der Waals surface area contributed by atoms with E-state index in [9.17, 15) is 13.2 Å². The number of aliphatic imine (C=N–C) groups is 1. The first kappa shape index (κ1) is 19.1. The second kappa shape index (κ2) is 8.00. The van der Waals surface area contributed by atoms with Crippen molar-refractivity contribution in [3.63, 3.8) is 0 Å². The van der Waals surface area contributed by atoms with Crippen molar-refractivity contribution < 1.29 is 17.6 Å². The summed E-state index contributed by atoms with van der Waals surface area (Å²) < 4.78 is 28.5. The van der Waals surface area contributed by atoms with Gasteiger partial charge in [-0.15, -0.1) is 0 Å². The topological polar surface area (TPSA) is 101 Å². The lowest BCUT2D eigenvalue weighted by Crippen LogP contribution is -2.27. The second-order valence-corrected chi connectivity index (χ2v) is 10.3. The summed E-state index contributed by atoms with van der Waals surface area (Å²) in [6.45, 7) is 0.543. The highest BCUT2D eigenvalue weighted by Gasteiger charge is 2.42. The molecule has 1 aromatic heterocycles. The summed E-state index contributed by atoms with van der Waals surface area (Å²) in [5.41, 5.74) is 1.79. The molecule has 28 heavy (non-hydrogen) atoms. The number of thioether (sulfide) groups is 1. The number of rotatable bonds is 6. The Kier molecular flexibility index (Phi) is 5.45. The number of amides is 1. The van der Waals surface area contributed by atoms with E-state index in [4.69, 9.17) is 4.42 Å². The highest BCUT2D eigenvalue weighted by Crippen LogP contribution is 2.34. The fourth-order valence-corrected chi connectivity index (χ4v) is 6.95. The summed E-state index contributed by atoms with van der Waals surface area (Å²) in [5, 5.41) is 6.90. The minimum absolute atomic E-state index is 0.0247. The standard InChI is InChI=1S/C19H21N3O4S2/c23-18(20-8-7-15-2-1-9-26-15)10-13-3-5-14(6-4-13)21-19-22-16-11-28(24,25)12-17(16)27-19/h1-6,9,16-17H,7-8,10-12H2,(H,20,23)(H,21,22)/t16-,17+/m1/s1. The molecule has 3 heterocycles. The molecule has 148 valence electrons. The van der Waals surface area contributed by atoms with Gasteiger partial charge in [0, 0.05) is 23.9 Å². The number of benzene rings is 1. The molecule has 1 saturated heterocycles. The SMILES string of the molecule is O=C(Cc1ccc(NC2=N[C@@H]3CS(=O)(=O)C[C@@H]3S2)cc1)NCCc1ccco1. The summed E-state index contributed by atoms with van der Waals surface area (Å²) in [4.78, 5) is 16.5. The van der Waals surface area contributed by atoms with Gasteiger partial charge < -0.3 is 15.1 Å². The summed E-state index contributed by atoms with van der Waals surface area (Å²) in [6.07, 6.45) is 2.61. The number of furan rings is 1. The van der Waals surface area contributed by atoms with Crippen LogP contribution in [0.2, 0.25) is 0 Å². The molecule has 0 aliphatic carbocycles. The maximum absolute atomic E-state index is 12.0. The molecule has 0 bridgehead atoms. The number of carbonyl (C=O) groups excluding carboxylic acids is 1. The Morgan fingerprint density at radius 3 is 2.75 bits per heavy atom. The van der Waals surface area contributed by atoms with Gasteiger partial charge in [0.15, 0.2) is 15.0 Å². The van der Waals surface area contributed by atoms with Crippen molar-refractivity contribution in [2.24, 2.45) is 4.99 Å². The first-order valence-electron chi connectivity index (χ1n) is 9.07. The van der Waals surface area contributed by atoms with Gasteiger partial charge in [-0.25, -0.2) is 8.42 Å². The van der Waals surface area contributed by atoms with Crippen LogP contribution < -0.4 is 10.6 Å². The first-order valence-corrected chi connectivity index (χ1v) is 11.8. The molecule has 7 nitrogen and oxygen atoms in total. The fraction of sp³-hybridized carbons (Fsp3) is 0.368. The maximum Gasteiger partial charge on any atom is 0.224 e. The van der Waals surface area contributed by atoms with Gasteiger partial charge in [-0.05, 0) is 29.8 Å². The number of carbonyl (C=O) groups is 1. The summed E-state index contributed by atoms with van der Waals surface area (Å²) in [6, 6.07) is 11.2. The Balaban J connectivity index is 1.24. The Bertz CT molecular complexity index is 969. The van der Waals surface area contributed by atoms with E-state index in [0.717, 1.165) is 22.2 Å². The number of hydrogen-bond acceptors (Lipinski definition) is 7. The average molecular weight is 420 g/mol. The van der Waals surface area contributed by atoms with E-state index in [-0.39, 0.29) is 28.7 Å². The van der Waals surface area contributed by atoms with Crippen molar-refractivity contribution in [1.82, 2.24) is 5.32 Å². The van der Waals surface area contributed by atoms with Crippen molar-refractivity contribution in [3.8, 4) is 0 Å². The van der Waals surface area contributed by atoms with E-state index in [1.54, 1.807) is 6.26 Å². The third-order valence-corrected chi connectivity index (χ3v) is 7.80. The number of hydrogen-bond donors (Lipinski definition) is 2.